The molecule has 0 aromatic heterocycles. The Morgan fingerprint density at radius 3 is 2.43 bits per heavy atom. The van der Waals surface area contributed by atoms with Crippen LogP contribution < -0.4 is 15.5 Å². The molecular formula is C17H21N3O. The number of anilines is 3. The third kappa shape index (κ3) is 4.24. The molecule has 21 heavy (non-hydrogen) atoms. The fraction of sp³-hybridized carbons (Fsp3) is 0.235. The van der Waals surface area contributed by atoms with Gasteiger partial charge in [0.15, 0.2) is 0 Å². The molecule has 2 aromatic rings. The van der Waals surface area contributed by atoms with Gasteiger partial charge < -0.3 is 15.5 Å². The quantitative estimate of drug-likeness (QED) is 0.886. The SMILES string of the molecule is Cc1ccc(NC(=O)CNc2ccccc2)cc1N(C)C. The van der Waals surface area contributed by atoms with Crippen molar-refractivity contribution in [2.75, 3.05) is 36.2 Å². The van der Waals surface area contributed by atoms with Crippen LogP contribution in [0.1, 0.15) is 5.56 Å². The fourth-order valence-corrected chi connectivity index (χ4v) is 2.11. The summed E-state index contributed by atoms with van der Waals surface area (Å²) in [6.07, 6.45) is 0. The van der Waals surface area contributed by atoms with Crippen molar-refractivity contribution in [2.45, 2.75) is 6.92 Å². The first-order chi connectivity index (χ1) is 10.1. The average molecular weight is 283 g/mol. The maximum absolute atomic E-state index is 12.0. The van der Waals surface area contributed by atoms with Gasteiger partial charge in [0.25, 0.3) is 0 Å². The van der Waals surface area contributed by atoms with Crippen LogP contribution in [0.25, 0.3) is 0 Å². The van der Waals surface area contributed by atoms with Crippen LogP contribution in [0.2, 0.25) is 0 Å². The average Bonchev–Trinajstić information content (AvgIpc) is 2.48. The Hall–Kier alpha value is -2.49. The zero-order chi connectivity index (χ0) is 15.2. The van der Waals surface area contributed by atoms with Crippen molar-refractivity contribution in [3.8, 4) is 0 Å². The molecule has 0 spiro atoms. The molecule has 2 N–H and O–H groups in total. The van der Waals surface area contributed by atoms with Gasteiger partial charge in [-0.05, 0) is 36.8 Å². The normalized spacial score (nSPS) is 10.0. The predicted molar refractivity (Wildman–Crippen MR) is 89.1 cm³/mol. The van der Waals surface area contributed by atoms with E-state index >= 15 is 0 Å². The lowest BCUT2D eigenvalue weighted by atomic mass is 10.1. The van der Waals surface area contributed by atoms with E-state index in [-0.39, 0.29) is 12.5 Å². The number of nitrogens with one attached hydrogen (secondary N) is 2. The Bertz CT molecular complexity index is 609. The summed E-state index contributed by atoms with van der Waals surface area (Å²) in [6.45, 7) is 2.30. The van der Waals surface area contributed by atoms with Crippen LogP contribution in [0.4, 0.5) is 17.1 Å². The van der Waals surface area contributed by atoms with Gasteiger partial charge in [-0.1, -0.05) is 24.3 Å². The van der Waals surface area contributed by atoms with E-state index < -0.39 is 0 Å². The summed E-state index contributed by atoms with van der Waals surface area (Å²) in [7, 11) is 3.98. The van der Waals surface area contributed by atoms with Crippen molar-refractivity contribution in [3.63, 3.8) is 0 Å². The molecule has 0 radical (unpaired) electrons. The van der Waals surface area contributed by atoms with E-state index in [0.29, 0.717) is 0 Å². The van der Waals surface area contributed by atoms with Crippen LogP contribution in [-0.2, 0) is 4.79 Å². The number of benzene rings is 2. The monoisotopic (exact) mass is 283 g/mol. The van der Waals surface area contributed by atoms with Crippen molar-refractivity contribution in [3.05, 3.63) is 54.1 Å². The van der Waals surface area contributed by atoms with Gasteiger partial charge >= 0.3 is 0 Å². The number of carbonyl (C=O) groups is 1. The highest BCUT2D eigenvalue weighted by atomic mass is 16.1. The molecule has 0 atom stereocenters. The highest BCUT2D eigenvalue weighted by Gasteiger charge is 2.06. The summed E-state index contributed by atoms with van der Waals surface area (Å²) in [5, 5.41) is 6.00. The van der Waals surface area contributed by atoms with Crippen LogP contribution in [0.5, 0.6) is 0 Å². The number of carbonyl (C=O) groups excluding carboxylic acids is 1. The highest BCUT2D eigenvalue weighted by Crippen LogP contribution is 2.22. The maximum Gasteiger partial charge on any atom is 0.243 e. The second-order valence-electron chi connectivity index (χ2n) is 5.16. The lowest BCUT2D eigenvalue weighted by molar-refractivity contribution is -0.114. The Kier molecular flexibility index (Phi) is 4.82. The summed E-state index contributed by atoms with van der Waals surface area (Å²) in [4.78, 5) is 14.0. The first kappa shape index (κ1) is 14.9. The second-order valence-corrected chi connectivity index (χ2v) is 5.16. The van der Waals surface area contributed by atoms with Crippen molar-refractivity contribution in [1.29, 1.82) is 0 Å². The molecule has 0 aliphatic rings. The van der Waals surface area contributed by atoms with E-state index in [1.807, 2.05) is 67.5 Å². The molecule has 4 nitrogen and oxygen atoms in total. The number of amides is 1. The Morgan fingerprint density at radius 1 is 1.05 bits per heavy atom. The van der Waals surface area contributed by atoms with E-state index in [1.54, 1.807) is 0 Å². The molecule has 110 valence electrons. The van der Waals surface area contributed by atoms with Gasteiger partial charge in [-0.3, -0.25) is 4.79 Å². The smallest absolute Gasteiger partial charge is 0.243 e. The van der Waals surface area contributed by atoms with E-state index in [2.05, 4.69) is 17.6 Å². The minimum Gasteiger partial charge on any atom is -0.377 e. The van der Waals surface area contributed by atoms with E-state index in [0.717, 1.165) is 17.1 Å². The Morgan fingerprint density at radius 2 is 1.76 bits per heavy atom. The summed E-state index contributed by atoms with van der Waals surface area (Å²) in [5.41, 5.74) is 4.03. The first-order valence-corrected chi connectivity index (χ1v) is 6.93. The van der Waals surface area contributed by atoms with Gasteiger partial charge in [-0.15, -0.1) is 0 Å². The summed E-state index contributed by atoms with van der Waals surface area (Å²) >= 11 is 0. The summed E-state index contributed by atoms with van der Waals surface area (Å²) in [5.74, 6) is -0.0626. The minimum absolute atomic E-state index is 0.0626. The van der Waals surface area contributed by atoms with Crippen molar-refractivity contribution in [1.82, 2.24) is 0 Å². The van der Waals surface area contributed by atoms with Gasteiger partial charge in [-0.25, -0.2) is 0 Å². The molecular weight excluding hydrogens is 262 g/mol. The number of hydrogen-bond acceptors (Lipinski definition) is 3. The van der Waals surface area contributed by atoms with Crippen LogP contribution in [0, 0.1) is 6.92 Å². The van der Waals surface area contributed by atoms with Crippen molar-refractivity contribution >= 4 is 23.0 Å². The minimum atomic E-state index is -0.0626. The Balaban J connectivity index is 1.95. The second kappa shape index (κ2) is 6.79. The molecule has 0 unspecified atom stereocenters. The van der Waals surface area contributed by atoms with Crippen LogP contribution >= 0.6 is 0 Å². The van der Waals surface area contributed by atoms with Crippen LogP contribution in [-0.4, -0.2) is 26.5 Å². The lowest BCUT2D eigenvalue weighted by Gasteiger charge is -2.17. The number of rotatable bonds is 5. The predicted octanol–water partition coefficient (Wildman–Crippen LogP) is 3.11. The summed E-state index contributed by atoms with van der Waals surface area (Å²) < 4.78 is 0. The molecule has 0 saturated heterocycles. The largest absolute Gasteiger partial charge is 0.377 e. The van der Waals surface area contributed by atoms with Gasteiger partial charge in [0.05, 0.1) is 6.54 Å². The number of para-hydroxylation sites is 1. The maximum atomic E-state index is 12.0. The zero-order valence-corrected chi connectivity index (χ0v) is 12.7. The molecule has 4 heteroatoms. The third-order valence-corrected chi connectivity index (χ3v) is 3.20. The fourth-order valence-electron chi connectivity index (χ4n) is 2.11. The first-order valence-electron chi connectivity index (χ1n) is 6.93. The molecule has 1 amide bonds. The molecule has 0 fully saturated rings. The number of nitrogens with zero attached hydrogens (tertiary/aromatic N) is 1. The standard InChI is InChI=1S/C17H21N3O/c1-13-9-10-15(11-16(13)20(2)3)19-17(21)12-18-14-7-5-4-6-8-14/h4-11,18H,12H2,1-3H3,(H,19,21). The van der Waals surface area contributed by atoms with Gasteiger partial charge in [-0.2, -0.15) is 0 Å². The van der Waals surface area contributed by atoms with Gasteiger partial charge in [0.2, 0.25) is 5.91 Å². The number of aryl methyl sites for hydroxylation is 1. The van der Waals surface area contributed by atoms with Gasteiger partial charge in [0, 0.05) is 31.2 Å². The van der Waals surface area contributed by atoms with Crippen LogP contribution in [0.15, 0.2) is 48.5 Å². The molecule has 0 aliphatic carbocycles. The van der Waals surface area contributed by atoms with Crippen LogP contribution in [0.3, 0.4) is 0 Å². The molecule has 2 rings (SSSR count). The van der Waals surface area contributed by atoms with Gasteiger partial charge in [0.1, 0.15) is 0 Å². The molecule has 2 aromatic carbocycles. The highest BCUT2D eigenvalue weighted by molar-refractivity contribution is 5.94. The van der Waals surface area contributed by atoms with E-state index in [9.17, 15) is 4.79 Å². The lowest BCUT2D eigenvalue weighted by Crippen LogP contribution is -2.22. The Labute approximate surface area is 125 Å². The topological polar surface area (TPSA) is 44.4 Å². The van der Waals surface area contributed by atoms with Crippen molar-refractivity contribution in [2.24, 2.45) is 0 Å². The molecule has 0 saturated carbocycles. The zero-order valence-electron chi connectivity index (χ0n) is 12.7. The molecule has 0 heterocycles. The summed E-state index contributed by atoms with van der Waals surface area (Å²) in [6, 6.07) is 15.6. The van der Waals surface area contributed by atoms with E-state index in [1.165, 1.54) is 5.56 Å². The third-order valence-electron chi connectivity index (χ3n) is 3.20. The molecule has 0 aliphatic heterocycles. The molecule has 0 bridgehead atoms. The van der Waals surface area contributed by atoms with Crippen molar-refractivity contribution < 1.29 is 4.79 Å². The van der Waals surface area contributed by atoms with E-state index in [4.69, 9.17) is 0 Å². The number of hydrogen-bond donors (Lipinski definition) is 2.